The summed E-state index contributed by atoms with van der Waals surface area (Å²) < 4.78 is 5.19. The zero-order valence-corrected chi connectivity index (χ0v) is 17.3. The molecule has 28 heavy (non-hydrogen) atoms. The van der Waals surface area contributed by atoms with E-state index in [2.05, 4.69) is 19.1 Å². The van der Waals surface area contributed by atoms with Gasteiger partial charge in [0.2, 0.25) is 0 Å². The van der Waals surface area contributed by atoms with Crippen molar-refractivity contribution < 1.29 is 19.4 Å². The summed E-state index contributed by atoms with van der Waals surface area (Å²) >= 11 is 0. The highest BCUT2D eigenvalue weighted by Crippen LogP contribution is 2.19. The molecular formula is C24H36O4. The molecule has 1 rings (SSSR count). The number of carbonyl (C=O) groups is 2. The van der Waals surface area contributed by atoms with Crippen LogP contribution in [0.5, 0.6) is 5.75 Å². The number of aromatic carboxylic acids is 1. The summed E-state index contributed by atoms with van der Waals surface area (Å²) in [5.74, 6) is -1.33. The Balaban J connectivity index is 2.00. The van der Waals surface area contributed by atoms with Gasteiger partial charge in [0, 0.05) is 6.42 Å². The summed E-state index contributed by atoms with van der Waals surface area (Å²) in [6.45, 7) is 2.24. The minimum absolute atomic E-state index is 0.0184. The lowest BCUT2D eigenvalue weighted by atomic mass is 10.1. The molecule has 0 saturated carbocycles. The molecule has 4 nitrogen and oxygen atoms in total. The van der Waals surface area contributed by atoms with Crippen LogP contribution >= 0.6 is 0 Å². The van der Waals surface area contributed by atoms with Crippen molar-refractivity contribution in [3.8, 4) is 5.75 Å². The zero-order chi connectivity index (χ0) is 20.5. The van der Waals surface area contributed by atoms with Crippen molar-refractivity contribution in [3.05, 3.63) is 42.0 Å². The van der Waals surface area contributed by atoms with Gasteiger partial charge in [-0.25, -0.2) is 4.79 Å². The predicted molar refractivity (Wildman–Crippen MR) is 114 cm³/mol. The molecule has 156 valence electrons. The summed E-state index contributed by atoms with van der Waals surface area (Å²) in [5.41, 5.74) is 0.0184. The van der Waals surface area contributed by atoms with E-state index < -0.39 is 5.97 Å². The van der Waals surface area contributed by atoms with Crippen molar-refractivity contribution in [3.63, 3.8) is 0 Å². The standard InChI is InChI=1S/C24H36O4/c1-2-3-4-5-6-7-8-9-10-11-12-13-14-15-20-23(25)28-22-19-17-16-18-21(22)24(26)27/h8-9,16-19H,2-7,10-15,20H2,1H3,(H,26,27)/b9-8+. The maximum Gasteiger partial charge on any atom is 0.339 e. The molecule has 0 atom stereocenters. The lowest BCUT2D eigenvalue weighted by Crippen LogP contribution is -2.10. The fourth-order valence-electron chi connectivity index (χ4n) is 3.07. The lowest BCUT2D eigenvalue weighted by Gasteiger charge is -2.07. The van der Waals surface area contributed by atoms with E-state index in [0.29, 0.717) is 6.42 Å². The highest BCUT2D eigenvalue weighted by atomic mass is 16.5. The first kappa shape index (κ1) is 23.9. The van der Waals surface area contributed by atoms with Crippen molar-refractivity contribution in [2.75, 3.05) is 0 Å². The molecule has 0 unspecified atom stereocenters. The fourth-order valence-corrected chi connectivity index (χ4v) is 3.07. The maximum absolute atomic E-state index is 11.9. The van der Waals surface area contributed by atoms with Crippen molar-refractivity contribution in [1.29, 1.82) is 0 Å². The number of carbonyl (C=O) groups excluding carboxylic acids is 1. The SMILES string of the molecule is CCCCCCC/C=C/CCCCCCCC(=O)Oc1ccccc1C(=O)O. The number of carboxylic acids is 1. The predicted octanol–water partition coefficient (Wildman–Crippen LogP) is 6.94. The summed E-state index contributed by atoms with van der Waals surface area (Å²) in [7, 11) is 0. The first-order valence-corrected chi connectivity index (χ1v) is 10.8. The van der Waals surface area contributed by atoms with E-state index in [1.807, 2.05) is 0 Å². The first-order chi connectivity index (χ1) is 13.6. The Morgan fingerprint density at radius 1 is 0.857 bits per heavy atom. The summed E-state index contributed by atoms with van der Waals surface area (Å²) in [6, 6.07) is 6.23. The van der Waals surface area contributed by atoms with Gasteiger partial charge in [0.15, 0.2) is 0 Å². The van der Waals surface area contributed by atoms with Gasteiger partial charge in [-0.15, -0.1) is 0 Å². The monoisotopic (exact) mass is 388 g/mol. The Labute approximate surface area is 170 Å². The van der Waals surface area contributed by atoms with Crippen LogP contribution in [-0.4, -0.2) is 17.0 Å². The third-order valence-electron chi connectivity index (χ3n) is 4.73. The smallest absolute Gasteiger partial charge is 0.339 e. The highest BCUT2D eigenvalue weighted by molar-refractivity contribution is 5.91. The molecule has 0 heterocycles. The Morgan fingerprint density at radius 3 is 2.07 bits per heavy atom. The van der Waals surface area contributed by atoms with Crippen LogP contribution in [0.25, 0.3) is 0 Å². The van der Waals surface area contributed by atoms with Crippen molar-refractivity contribution >= 4 is 11.9 Å². The largest absolute Gasteiger partial charge is 0.478 e. The summed E-state index contributed by atoms with van der Waals surface area (Å²) in [6.07, 6.45) is 19.2. The van der Waals surface area contributed by atoms with E-state index in [0.717, 1.165) is 25.7 Å². The van der Waals surface area contributed by atoms with Crippen molar-refractivity contribution in [2.24, 2.45) is 0 Å². The van der Waals surface area contributed by atoms with Gasteiger partial charge in [0.05, 0.1) is 0 Å². The number of rotatable bonds is 16. The van der Waals surface area contributed by atoms with E-state index in [-0.39, 0.29) is 17.3 Å². The number of ether oxygens (including phenoxy) is 1. The van der Waals surface area contributed by atoms with Gasteiger partial charge >= 0.3 is 11.9 Å². The van der Waals surface area contributed by atoms with E-state index in [1.54, 1.807) is 12.1 Å². The molecule has 1 aromatic rings. The van der Waals surface area contributed by atoms with Crippen LogP contribution in [0.1, 0.15) is 101 Å². The van der Waals surface area contributed by atoms with Crippen LogP contribution in [0.2, 0.25) is 0 Å². The first-order valence-electron chi connectivity index (χ1n) is 10.8. The molecule has 0 aliphatic rings. The number of allylic oxidation sites excluding steroid dienone is 2. The van der Waals surface area contributed by atoms with Crippen molar-refractivity contribution in [2.45, 2.75) is 90.4 Å². The molecule has 0 radical (unpaired) electrons. The highest BCUT2D eigenvalue weighted by Gasteiger charge is 2.13. The second-order valence-corrected chi connectivity index (χ2v) is 7.26. The molecule has 0 bridgehead atoms. The number of para-hydroxylation sites is 1. The molecule has 0 aliphatic carbocycles. The Kier molecular flexibility index (Phi) is 13.6. The summed E-state index contributed by atoms with van der Waals surface area (Å²) in [4.78, 5) is 23.0. The van der Waals surface area contributed by atoms with Gasteiger partial charge in [0.1, 0.15) is 11.3 Å². The molecular weight excluding hydrogens is 352 g/mol. The molecule has 0 saturated heterocycles. The molecule has 0 aliphatic heterocycles. The molecule has 0 spiro atoms. The van der Waals surface area contributed by atoms with Gasteiger partial charge in [-0.05, 0) is 44.2 Å². The quantitative estimate of drug-likeness (QED) is 0.144. The van der Waals surface area contributed by atoms with Crippen LogP contribution in [0.4, 0.5) is 0 Å². The minimum atomic E-state index is -1.09. The van der Waals surface area contributed by atoms with E-state index in [4.69, 9.17) is 9.84 Å². The second-order valence-electron chi connectivity index (χ2n) is 7.26. The average molecular weight is 389 g/mol. The van der Waals surface area contributed by atoms with Crippen LogP contribution in [0, 0.1) is 0 Å². The molecule has 0 aromatic heterocycles. The lowest BCUT2D eigenvalue weighted by molar-refractivity contribution is -0.134. The number of hydrogen-bond acceptors (Lipinski definition) is 3. The summed E-state index contributed by atoms with van der Waals surface area (Å²) in [5, 5.41) is 9.09. The van der Waals surface area contributed by atoms with E-state index in [9.17, 15) is 9.59 Å². The van der Waals surface area contributed by atoms with Gasteiger partial charge in [-0.1, -0.05) is 76.2 Å². The zero-order valence-electron chi connectivity index (χ0n) is 17.3. The van der Waals surface area contributed by atoms with E-state index in [1.165, 1.54) is 63.5 Å². The van der Waals surface area contributed by atoms with Crippen LogP contribution in [0.3, 0.4) is 0 Å². The number of esters is 1. The van der Waals surface area contributed by atoms with Crippen LogP contribution in [-0.2, 0) is 4.79 Å². The molecule has 1 aromatic carbocycles. The third kappa shape index (κ3) is 11.6. The molecule has 4 heteroatoms. The fraction of sp³-hybridized carbons (Fsp3) is 0.583. The van der Waals surface area contributed by atoms with Gasteiger partial charge < -0.3 is 9.84 Å². The number of unbranched alkanes of at least 4 members (excludes halogenated alkanes) is 10. The Morgan fingerprint density at radius 2 is 1.43 bits per heavy atom. The van der Waals surface area contributed by atoms with Gasteiger partial charge in [-0.3, -0.25) is 4.79 Å². The van der Waals surface area contributed by atoms with Crippen LogP contribution < -0.4 is 4.74 Å². The molecule has 1 N–H and O–H groups in total. The minimum Gasteiger partial charge on any atom is -0.478 e. The maximum atomic E-state index is 11.9. The Hall–Kier alpha value is -2.10. The Bertz CT molecular complexity index is 592. The van der Waals surface area contributed by atoms with Crippen LogP contribution in [0.15, 0.2) is 36.4 Å². The topological polar surface area (TPSA) is 63.6 Å². The number of benzene rings is 1. The third-order valence-corrected chi connectivity index (χ3v) is 4.73. The van der Waals surface area contributed by atoms with E-state index >= 15 is 0 Å². The average Bonchev–Trinajstić information content (AvgIpc) is 2.68. The second kappa shape index (κ2) is 15.9. The van der Waals surface area contributed by atoms with Crippen molar-refractivity contribution in [1.82, 2.24) is 0 Å². The molecule has 0 amide bonds. The number of hydrogen-bond donors (Lipinski definition) is 1. The molecule has 0 fully saturated rings. The van der Waals surface area contributed by atoms with Gasteiger partial charge in [0.25, 0.3) is 0 Å². The van der Waals surface area contributed by atoms with Gasteiger partial charge in [-0.2, -0.15) is 0 Å². The number of carboxylic acid groups (broad SMARTS) is 1. The normalized spacial score (nSPS) is 11.0.